The number of nitrogens with zero attached hydrogens (tertiary/aromatic N) is 3. The highest BCUT2D eigenvalue weighted by molar-refractivity contribution is 7.16. The molecule has 0 aliphatic heterocycles. The van der Waals surface area contributed by atoms with Crippen LogP contribution >= 0.6 is 11.3 Å². The van der Waals surface area contributed by atoms with E-state index in [2.05, 4.69) is 10.1 Å². The van der Waals surface area contributed by atoms with Crippen molar-refractivity contribution >= 4 is 22.3 Å². The zero-order chi connectivity index (χ0) is 19.2. The van der Waals surface area contributed by atoms with E-state index in [1.54, 1.807) is 31.4 Å². The molecule has 27 heavy (non-hydrogen) atoms. The fourth-order valence-electron chi connectivity index (χ4n) is 2.34. The maximum absolute atomic E-state index is 12.2. The summed E-state index contributed by atoms with van der Waals surface area (Å²) in [6, 6.07) is 7.98. The quantitative estimate of drug-likeness (QED) is 0.545. The number of benzene rings is 1. The van der Waals surface area contributed by atoms with Crippen LogP contribution in [0.4, 0.5) is 0 Å². The van der Waals surface area contributed by atoms with E-state index in [0.29, 0.717) is 41.6 Å². The molecule has 0 aliphatic carbocycles. The molecule has 2 heterocycles. The van der Waals surface area contributed by atoms with E-state index in [1.165, 1.54) is 21.9 Å². The first-order chi connectivity index (χ1) is 13.1. The van der Waals surface area contributed by atoms with Crippen LogP contribution in [0.15, 0.2) is 35.1 Å². The van der Waals surface area contributed by atoms with Gasteiger partial charge in [-0.15, -0.1) is 0 Å². The number of fused-ring (bicyclic) bond motifs is 1. The molecule has 9 heteroatoms. The molecule has 0 spiro atoms. The lowest BCUT2D eigenvalue weighted by atomic mass is 10.2. The van der Waals surface area contributed by atoms with Crippen LogP contribution in [0.5, 0.6) is 5.75 Å². The van der Waals surface area contributed by atoms with Gasteiger partial charge in [-0.1, -0.05) is 11.3 Å². The summed E-state index contributed by atoms with van der Waals surface area (Å²) in [6.45, 7) is 2.86. The Hall–Kier alpha value is -2.78. The number of rotatable bonds is 8. The highest BCUT2D eigenvalue weighted by atomic mass is 32.1. The largest absolute Gasteiger partial charge is 0.494 e. The van der Waals surface area contributed by atoms with Crippen LogP contribution in [0.2, 0.25) is 0 Å². The molecule has 0 aliphatic rings. The lowest BCUT2D eigenvalue weighted by Crippen LogP contribution is -2.16. The van der Waals surface area contributed by atoms with Crippen molar-refractivity contribution in [3.8, 4) is 5.75 Å². The Morgan fingerprint density at radius 1 is 1.26 bits per heavy atom. The van der Waals surface area contributed by atoms with Gasteiger partial charge in [-0.3, -0.25) is 4.79 Å². The average molecular weight is 389 g/mol. The van der Waals surface area contributed by atoms with E-state index in [-0.39, 0.29) is 12.2 Å². The van der Waals surface area contributed by atoms with Crippen LogP contribution in [0, 0.1) is 0 Å². The number of aromatic nitrogens is 3. The summed E-state index contributed by atoms with van der Waals surface area (Å²) in [5.41, 5.74) is 0.462. The van der Waals surface area contributed by atoms with Crippen molar-refractivity contribution in [3.05, 3.63) is 57.0 Å². The highest BCUT2D eigenvalue weighted by Crippen LogP contribution is 2.15. The van der Waals surface area contributed by atoms with E-state index in [9.17, 15) is 9.59 Å². The summed E-state index contributed by atoms with van der Waals surface area (Å²) in [6.07, 6.45) is 0.603. The van der Waals surface area contributed by atoms with Crippen molar-refractivity contribution in [2.45, 2.75) is 20.0 Å². The van der Waals surface area contributed by atoms with Crippen LogP contribution in [-0.4, -0.2) is 40.9 Å². The van der Waals surface area contributed by atoms with Gasteiger partial charge in [0.05, 0.1) is 24.5 Å². The minimum absolute atomic E-state index is 0.0942. The molecule has 0 atom stereocenters. The lowest BCUT2D eigenvalue weighted by molar-refractivity contribution is 0.0467. The van der Waals surface area contributed by atoms with Crippen molar-refractivity contribution in [3.63, 3.8) is 0 Å². The van der Waals surface area contributed by atoms with E-state index in [4.69, 9.17) is 14.2 Å². The van der Waals surface area contributed by atoms with E-state index in [1.807, 2.05) is 6.92 Å². The van der Waals surface area contributed by atoms with Gasteiger partial charge < -0.3 is 14.2 Å². The number of carbonyl (C=O) groups excluding carboxylic acids is 1. The van der Waals surface area contributed by atoms with E-state index in [0.717, 1.165) is 5.01 Å². The summed E-state index contributed by atoms with van der Waals surface area (Å²) in [5.74, 6) is 0.189. The first-order valence-corrected chi connectivity index (χ1v) is 9.20. The first kappa shape index (κ1) is 19.0. The van der Waals surface area contributed by atoms with Crippen LogP contribution in [0.25, 0.3) is 4.96 Å². The van der Waals surface area contributed by atoms with E-state index < -0.39 is 5.97 Å². The normalized spacial score (nSPS) is 10.9. The van der Waals surface area contributed by atoms with Gasteiger partial charge in [-0.2, -0.15) is 9.61 Å². The van der Waals surface area contributed by atoms with Crippen LogP contribution in [0.1, 0.15) is 28.0 Å². The van der Waals surface area contributed by atoms with Crippen molar-refractivity contribution < 1.29 is 19.0 Å². The molecular formula is C18H19N3O5S. The molecule has 142 valence electrons. The predicted octanol–water partition coefficient (Wildman–Crippen LogP) is 2.10. The average Bonchev–Trinajstić information content (AvgIpc) is 3.09. The molecule has 0 unspecified atom stereocenters. The maximum Gasteiger partial charge on any atom is 0.338 e. The molecule has 0 amide bonds. The zero-order valence-electron chi connectivity index (χ0n) is 15.0. The van der Waals surface area contributed by atoms with Crippen molar-refractivity contribution in [2.75, 3.05) is 20.3 Å². The summed E-state index contributed by atoms with van der Waals surface area (Å²) < 4.78 is 16.9. The van der Waals surface area contributed by atoms with Crippen molar-refractivity contribution in [1.82, 2.24) is 14.6 Å². The summed E-state index contributed by atoms with van der Waals surface area (Å²) in [7, 11) is 1.61. The predicted molar refractivity (Wildman–Crippen MR) is 99.4 cm³/mol. The molecular weight excluding hydrogens is 370 g/mol. The Kier molecular flexibility index (Phi) is 6.15. The molecule has 1 aromatic carbocycles. The Morgan fingerprint density at radius 2 is 2.04 bits per heavy atom. The maximum atomic E-state index is 12.2. The summed E-state index contributed by atoms with van der Waals surface area (Å²) >= 11 is 1.31. The third-order valence-corrected chi connectivity index (χ3v) is 4.58. The number of carbonyl (C=O) groups is 1. The molecule has 0 radical (unpaired) electrons. The molecule has 8 nitrogen and oxygen atoms in total. The SMILES string of the molecule is CCOc1ccc(C(=O)OCc2cc(=O)n3nc(CCOC)sc3n2)cc1. The number of esters is 1. The van der Waals surface area contributed by atoms with Crippen LogP contribution in [0.3, 0.4) is 0 Å². The molecule has 0 saturated carbocycles. The Labute approximate surface area is 159 Å². The molecule has 2 aromatic heterocycles. The minimum Gasteiger partial charge on any atom is -0.494 e. The van der Waals surface area contributed by atoms with Gasteiger partial charge in [-0.05, 0) is 31.2 Å². The van der Waals surface area contributed by atoms with Crippen LogP contribution < -0.4 is 10.3 Å². The Morgan fingerprint density at radius 3 is 2.74 bits per heavy atom. The molecule has 0 bridgehead atoms. The monoisotopic (exact) mass is 389 g/mol. The second-order valence-electron chi connectivity index (χ2n) is 5.55. The van der Waals surface area contributed by atoms with Gasteiger partial charge in [0.1, 0.15) is 17.4 Å². The van der Waals surface area contributed by atoms with Crippen molar-refractivity contribution in [1.29, 1.82) is 0 Å². The van der Waals surface area contributed by atoms with E-state index >= 15 is 0 Å². The third-order valence-electron chi connectivity index (χ3n) is 3.61. The second-order valence-corrected chi connectivity index (χ2v) is 6.59. The minimum atomic E-state index is -0.495. The molecule has 0 fully saturated rings. The fourth-order valence-corrected chi connectivity index (χ4v) is 3.24. The van der Waals surface area contributed by atoms with Crippen LogP contribution in [-0.2, 0) is 22.5 Å². The standard InChI is InChI=1S/C18H19N3O5S/c1-3-25-14-6-4-12(5-7-14)17(23)26-11-13-10-16(22)21-18(19-13)27-15(20-21)8-9-24-2/h4-7,10H,3,8-9,11H2,1-2H3. The van der Waals surface area contributed by atoms with Gasteiger partial charge in [0, 0.05) is 19.6 Å². The molecule has 3 rings (SSSR count). The number of hydrogen-bond acceptors (Lipinski definition) is 8. The van der Waals surface area contributed by atoms with Gasteiger partial charge in [0.2, 0.25) is 4.96 Å². The second kappa shape index (κ2) is 8.74. The molecule has 0 saturated heterocycles. The Bertz CT molecular complexity index is 981. The zero-order valence-corrected chi connectivity index (χ0v) is 15.8. The smallest absolute Gasteiger partial charge is 0.338 e. The third kappa shape index (κ3) is 4.69. The summed E-state index contributed by atoms with van der Waals surface area (Å²) in [5, 5.41) is 4.97. The summed E-state index contributed by atoms with van der Waals surface area (Å²) in [4.78, 5) is 29.2. The van der Waals surface area contributed by atoms with Gasteiger partial charge >= 0.3 is 5.97 Å². The molecule has 3 aromatic rings. The van der Waals surface area contributed by atoms with Gasteiger partial charge in [0.25, 0.3) is 5.56 Å². The lowest BCUT2D eigenvalue weighted by Gasteiger charge is -2.06. The van der Waals surface area contributed by atoms with Gasteiger partial charge in [0.15, 0.2) is 0 Å². The topological polar surface area (TPSA) is 92.0 Å². The van der Waals surface area contributed by atoms with Gasteiger partial charge in [-0.25, -0.2) is 9.78 Å². The van der Waals surface area contributed by atoms with Crippen molar-refractivity contribution in [2.24, 2.45) is 0 Å². The number of hydrogen-bond donors (Lipinski definition) is 0. The fraction of sp³-hybridized carbons (Fsp3) is 0.333. The Balaban J connectivity index is 1.68. The molecule has 0 N–H and O–H groups in total. The number of methoxy groups -OCH3 is 1. The number of ether oxygens (including phenoxy) is 3. The highest BCUT2D eigenvalue weighted by Gasteiger charge is 2.12. The first-order valence-electron chi connectivity index (χ1n) is 8.38.